The van der Waals surface area contributed by atoms with Crippen molar-refractivity contribution in [1.82, 2.24) is 9.55 Å². The predicted molar refractivity (Wildman–Crippen MR) is 60.7 cm³/mol. The standard InChI is InChI=1S/C11H19N3O2/c1-8-9(5-12)14(7-13-8)6-10(15)16-11(2,3)4/h7H,5-6,12H2,1-4H3. The molecule has 0 bridgehead atoms. The summed E-state index contributed by atoms with van der Waals surface area (Å²) in [6.45, 7) is 7.92. The van der Waals surface area contributed by atoms with Crippen molar-refractivity contribution in [1.29, 1.82) is 0 Å². The molecule has 5 nitrogen and oxygen atoms in total. The zero-order chi connectivity index (χ0) is 12.3. The molecule has 1 aromatic heterocycles. The number of carbonyl (C=O) groups is 1. The van der Waals surface area contributed by atoms with Gasteiger partial charge in [0.2, 0.25) is 0 Å². The molecule has 0 aromatic carbocycles. The zero-order valence-electron chi connectivity index (χ0n) is 10.3. The van der Waals surface area contributed by atoms with Crippen molar-refractivity contribution in [2.45, 2.75) is 46.4 Å². The molecule has 0 fully saturated rings. The highest BCUT2D eigenvalue weighted by molar-refractivity contribution is 5.69. The molecular formula is C11H19N3O2. The largest absolute Gasteiger partial charge is 0.459 e. The third kappa shape index (κ3) is 3.34. The third-order valence-corrected chi connectivity index (χ3v) is 2.07. The smallest absolute Gasteiger partial charge is 0.326 e. The lowest BCUT2D eigenvalue weighted by Gasteiger charge is -2.19. The van der Waals surface area contributed by atoms with Crippen molar-refractivity contribution in [3.63, 3.8) is 0 Å². The lowest BCUT2D eigenvalue weighted by Crippen LogP contribution is -2.27. The van der Waals surface area contributed by atoms with Crippen LogP contribution in [0.2, 0.25) is 0 Å². The van der Waals surface area contributed by atoms with Crippen LogP contribution in [0.5, 0.6) is 0 Å². The Morgan fingerprint density at radius 1 is 1.56 bits per heavy atom. The molecule has 90 valence electrons. The summed E-state index contributed by atoms with van der Waals surface area (Å²) in [4.78, 5) is 15.7. The number of hydrogen-bond acceptors (Lipinski definition) is 4. The van der Waals surface area contributed by atoms with Gasteiger partial charge in [0.15, 0.2) is 0 Å². The molecule has 0 amide bonds. The number of aryl methyl sites for hydroxylation is 1. The maximum absolute atomic E-state index is 11.6. The van der Waals surface area contributed by atoms with E-state index in [1.807, 2.05) is 27.7 Å². The fraction of sp³-hybridized carbons (Fsp3) is 0.636. The van der Waals surface area contributed by atoms with Crippen LogP contribution < -0.4 is 5.73 Å². The lowest BCUT2D eigenvalue weighted by atomic mass is 10.2. The van der Waals surface area contributed by atoms with Crippen LogP contribution in [0.1, 0.15) is 32.2 Å². The van der Waals surface area contributed by atoms with Crippen LogP contribution in [-0.4, -0.2) is 21.1 Å². The zero-order valence-corrected chi connectivity index (χ0v) is 10.3. The van der Waals surface area contributed by atoms with Crippen LogP contribution in [0, 0.1) is 6.92 Å². The molecule has 0 aliphatic heterocycles. The van der Waals surface area contributed by atoms with Crippen molar-refractivity contribution in [2.75, 3.05) is 0 Å². The minimum absolute atomic E-state index is 0.157. The van der Waals surface area contributed by atoms with E-state index in [1.165, 1.54) is 0 Å². The molecule has 5 heteroatoms. The van der Waals surface area contributed by atoms with Gasteiger partial charge in [0, 0.05) is 6.54 Å². The number of nitrogens with two attached hydrogens (primary N) is 1. The second kappa shape index (κ2) is 4.65. The van der Waals surface area contributed by atoms with E-state index >= 15 is 0 Å². The van der Waals surface area contributed by atoms with Gasteiger partial charge in [0.25, 0.3) is 0 Å². The molecule has 1 rings (SSSR count). The van der Waals surface area contributed by atoms with Gasteiger partial charge in [0.1, 0.15) is 12.1 Å². The van der Waals surface area contributed by atoms with E-state index in [1.54, 1.807) is 10.9 Å². The molecule has 0 radical (unpaired) electrons. The SMILES string of the molecule is Cc1ncn(CC(=O)OC(C)(C)C)c1CN. The topological polar surface area (TPSA) is 70.1 Å². The summed E-state index contributed by atoms with van der Waals surface area (Å²) in [6.07, 6.45) is 1.61. The molecule has 16 heavy (non-hydrogen) atoms. The van der Waals surface area contributed by atoms with Crippen LogP contribution in [-0.2, 0) is 22.6 Å². The fourth-order valence-corrected chi connectivity index (χ4v) is 1.42. The fourth-order valence-electron chi connectivity index (χ4n) is 1.42. The summed E-state index contributed by atoms with van der Waals surface area (Å²) < 4.78 is 6.95. The van der Waals surface area contributed by atoms with Gasteiger partial charge in [0.05, 0.1) is 17.7 Å². The first-order chi connectivity index (χ1) is 7.33. The number of hydrogen-bond donors (Lipinski definition) is 1. The number of carbonyl (C=O) groups excluding carboxylic acids is 1. The number of imidazole rings is 1. The van der Waals surface area contributed by atoms with E-state index in [2.05, 4.69) is 4.98 Å². The van der Waals surface area contributed by atoms with Crippen molar-refractivity contribution in [3.8, 4) is 0 Å². The second-order valence-electron chi connectivity index (χ2n) is 4.70. The van der Waals surface area contributed by atoms with E-state index in [0.717, 1.165) is 11.4 Å². The van der Waals surface area contributed by atoms with Crippen molar-refractivity contribution in [3.05, 3.63) is 17.7 Å². The molecule has 0 aliphatic rings. The molecule has 0 spiro atoms. The quantitative estimate of drug-likeness (QED) is 0.779. The Labute approximate surface area is 95.6 Å². The normalized spacial score (nSPS) is 11.6. The average Bonchev–Trinajstić information content (AvgIpc) is 2.43. The van der Waals surface area contributed by atoms with E-state index in [9.17, 15) is 4.79 Å². The number of rotatable bonds is 3. The van der Waals surface area contributed by atoms with Crippen molar-refractivity contribution in [2.24, 2.45) is 5.73 Å². The van der Waals surface area contributed by atoms with Crippen LogP contribution in [0.3, 0.4) is 0 Å². The monoisotopic (exact) mass is 225 g/mol. The Balaban J connectivity index is 2.70. The second-order valence-corrected chi connectivity index (χ2v) is 4.70. The molecule has 1 heterocycles. The van der Waals surface area contributed by atoms with Crippen LogP contribution in [0.25, 0.3) is 0 Å². The highest BCUT2D eigenvalue weighted by atomic mass is 16.6. The van der Waals surface area contributed by atoms with Gasteiger partial charge in [-0.3, -0.25) is 4.79 Å². The van der Waals surface area contributed by atoms with Gasteiger partial charge >= 0.3 is 5.97 Å². The van der Waals surface area contributed by atoms with E-state index < -0.39 is 5.60 Å². The first-order valence-corrected chi connectivity index (χ1v) is 5.26. The highest BCUT2D eigenvalue weighted by Crippen LogP contribution is 2.10. The molecule has 2 N–H and O–H groups in total. The summed E-state index contributed by atoms with van der Waals surface area (Å²) in [7, 11) is 0. The van der Waals surface area contributed by atoms with Gasteiger partial charge in [-0.2, -0.15) is 0 Å². The molecule has 0 saturated carbocycles. The summed E-state index contributed by atoms with van der Waals surface area (Å²) >= 11 is 0. The average molecular weight is 225 g/mol. The van der Waals surface area contributed by atoms with Crippen molar-refractivity contribution >= 4 is 5.97 Å². The van der Waals surface area contributed by atoms with Crippen LogP contribution in [0.4, 0.5) is 0 Å². The number of ether oxygens (including phenoxy) is 1. The first-order valence-electron chi connectivity index (χ1n) is 5.26. The molecule has 1 aromatic rings. The van der Waals surface area contributed by atoms with Gasteiger partial charge in [-0.25, -0.2) is 4.98 Å². The Hall–Kier alpha value is -1.36. The van der Waals surface area contributed by atoms with E-state index in [0.29, 0.717) is 6.54 Å². The summed E-state index contributed by atoms with van der Waals surface area (Å²) in [5.41, 5.74) is 6.84. The molecule has 0 atom stereocenters. The van der Waals surface area contributed by atoms with E-state index in [4.69, 9.17) is 10.5 Å². The molecule has 0 saturated heterocycles. The first kappa shape index (κ1) is 12.7. The highest BCUT2D eigenvalue weighted by Gasteiger charge is 2.17. The molecular weight excluding hydrogens is 206 g/mol. The summed E-state index contributed by atoms with van der Waals surface area (Å²) in [6, 6.07) is 0. The van der Waals surface area contributed by atoms with Gasteiger partial charge in [-0.05, 0) is 27.7 Å². The summed E-state index contributed by atoms with van der Waals surface area (Å²) in [5, 5.41) is 0. The Morgan fingerprint density at radius 2 is 2.19 bits per heavy atom. The molecule has 0 unspecified atom stereocenters. The Morgan fingerprint density at radius 3 is 2.69 bits per heavy atom. The summed E-state index contributed by atoms with van der Waals surface area (Å²) in [5.74, 6) is -0.278. The Kier molecular flexibility index (Phi) is 3.70. The minimum Gasteiger partial charge on any atom is -0.459 e. The van der Waals surface area contributed by atoms with Crippen molar-refractivity contribution < 1.29 is 9.53 Å². The number of esters is 1. The number of nitrogens with zero attached hydrogens (tertiary/aromatic N) is 2. The lowest BCUT2D eigenvalue weighted by molar-refractivity contribution is -0.155. The maximum atomic E-state index is 11.6. The van der Waals surface area contributed by atoms with Gasteiger partial charge in [-0.1, -0.05) is 0 Å². The maximum Gasteiger partial charge on any atom is 0.326 e. The van der Waals surface area contributed by atoms with Crippen LogP contribution in [0.15, 0.2) is 6.33 Å². The number of aromatic nitrogens is 2. The van der Waals surface area contributed by atoms with Crippen LogP contribution >= 0.6 is 0 Å². The third-order valence-electron chi connectivity index (χ3n) is 2.07. The van der Waals surface area contributed by atoms with Gasteiger partial charge < -0.3 is 15.0 Å². The predicted octanol–water partition coefficient (Wildman–Crippen LogP) is 0.992. The van der Waals surface area contributed by atoms with E-state index in [-0.39, 0.29) is 12.5 Å². The minimum atomic E-state index is -0.463. The Bertz CT molecular complexity index is 377. The van der Waals surface area contributed by atoms with Gasteiger partial charge in [-0.15, -0.1) is 0 Å². The molecule has 0 aliphatic carbocycles.